The lowest BCUT2D eigenvalue weighted by Gasteiger charge is -1.94. The number of carboxylic acid groups (broad SMARTS) is 1. The van der Waals surface area contributed by atoms with E-state index in [2.05, 4.69) is 9.97 Å². The van der Waals surface area contributed by atoms with E-state index in [0.29, 0.717) is 5.65 Å². The topological polar surface area (TPSA) is 70.9 Å². The molecule has 5 nitrogen and oxygen atoms in total. The van der Waals surface area contributed by atoms with Crippen LogP contribution in [0, 0.1) is 0 Å². The second-order valence-corrected chi connectivity index (χ2v) is 3.67. The van der Waals surface area contributed by atoms with Crippen molar-refractivity contribution in [3.05, 3.63) is 30.1 Å². The average Bonchev–Trinajstić information content (AvgIpc) is 2.81. The highest BCUT2D eigenvalue weighted by Crippen LogP contribution is 2.25. The molecule has 0 saturated heterocycles. The molecule has 2 N–H and O–H groups in total. The third-order valence-corrected chi connectivity index (χ3v) is 2.74. The first-order valence-electron chi connectivity index (χ1n) is 4.85. The van der Waals surface area contributed by atoms with Crippen molar-refractivity contribution >= 4 is 28.0 Å². The van der Waals surface area contributed by atoms with Gasteiger partial charge in [-0.15, -0.1) is 0 Å². The van der Waals surface area contributed by atoms with E-state index in [9.17, 15) is 4.79 Å². The van der Waals surface area contributed by atoms with E-state index in [0.717, 1.165) is 16.4 Å². The Hall–Kier alpha value is -2.30. The number of aromatic nitrogens is 3. The number of aromatic amines is 1. The fourth-order valence-corrected chi connectivity index (χ4v) is 1.99. The van der Waals surface area contributed by atoms with Gasteiger partial charge in [0.15, 0.2) is 5.65 Å². The molecule has 2 aromatic heterocycles. The summed E-state index contributed by atoms with van der Waals surface area (Å²) in [6.45, 7) is 0. The molecular weight excluding hydrogens is 206 g/mol. The van der Waals surface area contributed by atoms with Gasteiger partial charge in [-0.05, 0) is 6.07 Å². The number of hydrogen-bond acceptors (Lipinski definition) is 2. The fraction of sp³-hybridized carbons (Fsp3) is 0.0909. The van der Waals surface area contributed by atoms with Crippen molar-refractivity contribution in [2.24, 2.45) is 7.05 Å². The van der Waals surface area contributed by atoms with Crippen molar-refractivity contribution in [1.82, 2.24) is 14.5 Å². The zero-order chi connectivity index (χ0) is 11.3. The van der Waals surface area contributed by atoms with Crippen LogP contribution in [-0.4, -0.2) is 25.6 Å². The standard InChI is InChI=1S/C11H9N3O2/c1-14-7-5-3-2-4-6(7)8-10(14)13-9(12-8)11(15)16/h2-5H,1H3,(H,12,13)(H,15,16). The van der Waals surface area contributed by atoms with Crippen molar-refractivity contribution in [2.45, 2.75) is 0 Å². The maximum absolute atomic E-state index is 10.8. The Morgan fingerprint density at radius 3 is 2.94 bits per heavy atom. The number of fused-ring (bicyclic) bond motifs is 3. The fourth-order valence-electron chi connectivity index (χ4n) is 1.99. The molecule has 0 bridgehead atoms. The van der Waals surface area contributed by atoms with Gasteiger partial charge in [0, 0.05) is 12.4 Å². The van der Waals surface area contributed by atoms with E-state index in [1.165, 1.54) is 0 Å². The monoisotopic (exact) mass is 215 g/mol. The molecule has 0 atom stereocenters. The average molecular weight is 215 g/mol. The van der Waals surface area contributed by atoms with Crippen LogP contribution in [0.15, 0.2) is 24.3 Å². The molecule has 0 aliphatic heterocycles. The Balaban J connectivity index is 2.49. The molecule has 0 amide bonds. The highest BCUT2D eigenvalue weighted by atomic mass is 16.4. The van der Waals surface area contributed by atoms with E-state index in [4.69, 9.17) is 5.11 Å². The van der Waals surface area contributed by atoms with Gasteiger partial charge in [0.1, 0.15) is 0 Å². The lowest BCUT2D eigenvalue weighted by Crippen LogP contribution is -1.99. The lowest BCUT2D eigenvalue weighted by atomic mass is 10.2. The maximum atomic E-state index is 10.8. The summed E-state index contributed by atoms with van der Waals surface area (Å²) in [5.41, 5.74) is 2.47. The maximum Gasteiger partial charge on any atom is 0.371 e. The molecule has 0 saturated carbocycles. The van der Waals surface area contributed by atoms with Crippen molar-refractivity contribution in [3.63, 3.8) is 0 Å². The quantitative estimate of drug-likeness (QED) is 0.649. The van der Waals surface area contributed by atoms with Gasteiger partial charge in [0.25, 0.3) is 0 Å². The summed E-state index contributed by atoms with van der Waals surface area (Å²) in [4.78, 5) is 17.7. The third kappa shape index (κ3) is 0.995. The third-order valence-electron chi connectivity index (χ3n) is 2.74. The van der Waals surface area contributed by atoms with Crippen LogP contribution in [0.25, 0.3) is 22.1 Å². The van der Waals surface area contributed by atoms with E-state index < -0.39 is 5.97 Å². The van der Waals surface area contributed by atoms with Gasteiger partial charge in [-0.25, -0.2) is 9.78 Å². The summed E-state index contributed by atoms with van der Waals surface area (Å²) in [6, 6.07) is 7.79. The molecule has 0 unspecified atom stereocenters. The van der Waals surface area contributed by atoms with Crippen LogP contribution in [0.2, 0.25) is 0 Å². The molecule has 5 heteroatoms. The summed E-state index contributed by atoms with van der Waals surface area (Å²) >= 11 is 0. The van der Waals surface area contributed by atoms with Crippen molar-refractivity contribution in [2.75, 3.05) is 0 Å². The molecule has 0 radical (unpaired) electrons. The van der Waals surface area contributed by atoms with Gasteiger partial charge < -0.3 is 14.7 Å². The van der Waals surface area contributed by atoms with Crippen molar-refractivity contribution in [1.29, 1.82) is 0 Å². The number of carboxylic acids is 1. The molecule has 1 aromatic carbocycles. The molecule has 16 heavy (non-hydrogen) atoms. The van der Waals surface area contributed by atoms with Gasteiger partial charge >= 0.3 is 5.97 Å². The number of aryl methyl sites for hydroxylation is 1. The Labute approximate surface area is 90.3 Å². The van der Waals surface area contributed by atoms with E-state index in [-0.39, 0.29) is 5.82 Å². The zero-order valence-corrected chi connectivity index (χ0v) is 8.56. The summed E-state index contributed by atoms with van der Waals surface area (Å²) in [5.74, 6) is -1.06. The van der Waals surface area contributed by atoms with Crippen molar-refractivity contribution in [3.8, 4) is 0 Å². The van der Waals surface area contributed by atoms with Gasteiger partial charge in [0.2, 0.25) is 5.82 Å². The number of H-pyrrole nitrogens is 1. The Morgan fingerprint density at radius 1 is 1.44 bits per heavy atom. The van der Waals surface area contributed by atoms with E-state index in [1.54, 1.807) is 0 Å². The number of nitrogens with zero attached hydrogens (tertiary/aromatic N) is 2. The van der Waals surface area contributed by atoms with Gasteiger partial charge in [-0.3, -0.25) is 0 Å². The lowest BCUT2D eigenvalue weighted by molar-refractivity contribution is 0.0685. The number of aromatic carboxylic acids is 1. The first-order chi connectivity index (χ1) is 7.68. The molecule has 3 aromatic rings. The summed E-state index contributed by atoms with van der Waals surface area (Å²) in [6.07, 6.45) is 0. The predicted molar refractivity (Wildman–Crippen MR) is 59.5 cm³/mol. The SMILES string of the molecule is Cn1c2ccccc2c2[nH]c(C(=O)O)nc21. The van der Waals surface area contributed by atoms with Gasteiger partial charge in [-0.2, -0.15) is 0 Å². The first-order valence-corrected chi connectivity index (χ1v) is 4.85. The number of imidazole rings is 1. The molecule has 0 spiro atoms. The molecule has 0 aliphatic rings. The van der Waals surface area contributed by atoms with Gasteiger partial charge in [-0.1, -0.05) is 18.2 Å². The number of nitrogens with one attached hydrogen (secondary N) is 1. The Kier molecular flexibility index (Phi) is 1.60. The van der Waals surface area contributed by atoms with Crippen LogP contribution < -0.4 is 0 Å². The van der Waals surface area contributed by atoms with Crippen LogP contribution in [0.1, 0.15) is 10.6 Å². The molecule has 0 fully saturated rings. The Morgan fingerprint density at radius 2 is 2.19 bits per heavy atom. The van der Waals surface area contributed by atoms with Crippen LogP contribution in [0.5, 0.6) is 0 Å². The summed E-state index contributed by atoms with van der Waals surface area (Å²) in [5, 5.41) is 9.85. The molecule has 3 rings (SSSR count). The zero-order valence-electron chi connectivity index (χ0n) is 8.56. The number of para-hydroxylation sites is 1. The summed E-state index contributed by atoms with van der Waals surface area (Å²) < 4.78 is 1.88. The number of rotatable bonds is 1. The van der Waals surface area contributed by atoms with Crippen LogP contribution in [0.3, 0.4) is 0 Å². The van der Waals surface area contributed by atoms with Crippen LogP contribution >= 0.6 is 0 Å². The molecule has 0 aliphatic carbocycles. The van der Waals surface area contributed by atoms with E-state index in [1.807, 2.05) is 35.9 Å². The largest absolute Gasteiger partial charge is 0.475 e. The Bertz CT molecular complexity index is 708. The normalized spacial score (nSPS) is 11.3. The highest BCUT2D eigenvalue weighted by Gasteiger charge is 2.15. The molecule has 80 valence electrons. The minimum atomic E-state index is -1.04. The minimum absolute atomic E-state index is 0.0219. The van der Waals surface area contributed by atoms with Crippen molar-refractivity contribution < 1.29 is 9.90 Å². The van der Waals surface area contributed by atoms with Crippen LogP contribution in [-0.2, 0) is 7.05 Å². The minimum Gasteiger partial charge on any atom is -0.475 e. The smallest absolute Gasteiger partial charge is 0.371 e. The molecular formula is C11H9N3O2. The van der Waals surface area contributed by atoms with E-state index >= 15 is 0 Å². The second-order valence-electron chi connectivity index (χ2n) is 3.67. The first kappa shape index (κ1) is 8.96. The number of hydrogen-bond donors (Lipinski definition) is 2. The highest BCUT2D eigenvalue weighted by molar-refractivity contribution is 6.06. The second kappa shape index (κ2) is 2.85. The number of benzene rings is 1. The molecule has 2 heterocycles. The predicted octanol–water partition coefficient (Wildman–Crippen LogP) is 1.75. The van der Waals surface area contributed by atoms with Crippen LogP contribution in [0.4, 0.5) is 0 Å². The number of carbonyl (C=O) groups is 1. The summed E-state index contributed by atoms with van der Waals surface area (Å²) in [7, 11) is 1.87. The van der Waals surface area contributed by atoms with Gasteiger partial charge in [0.05, 0.1) is 11.0 Å².